The highest BCUT2D eigenvalue weighted by Crippen LogP contribution is 2.31. The van der Waals surface area contributed by atoms with Gasteiger partial charge in [-0.25, -0.2) is 4.79 Å². The molecule has 0 aliphatic heterocycles. The average molecular weight is 312 g/mol. The Hall–Kier alpha value is -1.85. The average Bonchev–Trinajstić information content (AvgIpc) is 2.52. The molecule has 22 heavy (non-hydrogen) atoms. The van der Waals surface area contributed by atoms with E-state index in [9.17, 15) is 14.4 Å². The van der Waals surface area contributed by atoms with Crippen LogP contribution in [0.25, 0.3) is 0 Å². The van der Waals surface area contributed by atoms with Crippen LogP contribution in [0, 0.1) is 17.8 Å². The maximum atomic E-state index is 12.1. The molecule has 124 valence electrons. The molecule has 0 radical (unpaired) electrons. The first-order valence-electron chi connectivity index (χ1n) is 7.64. The van der Waals surface area contributed by atoms with Gasteiger partial charge < -0.3 is 14.6 Å². The van der Waals surface area contributed by atoms with Gasteiger partial charge in [-0.05, 0) is 25.2 Å². The van der Waals surface area contributed by atoms with Crippen molar-refractivity contribution < 1.29 is 29.0 Å². The fraction of sp³-hybridized carbons (Fsp3) is 0.688. The molecule has 0 amide bonds. The molecule has 1 saturated carbocycles. The van der Waals surface area contributed by atoms with E-state index in [1.54, 1.807) is 0 Å². The van der Waals surface area contributed by atoms with E-state index in [1.165, 1.54) is 0 Å². The van der Waals surface area contributed by atoms with E-state index < -0.39 is 29.7 Å². The molecule has 0 aromatic rings. The molecule has 1 aliphatic carbocycles. The molecule has 3 unspecified atom stereocenters. The summed E-state index contributed by atoms with van der Waals surface area (Å²) in [5.41, 5.74) is 0. The second kappa shape index (κ2) is 9.23. The van der Waals surface area contributed by atoms with E-state index in [1.807, 2.05) is 6.92 Å². The molecule has 0 saturated heterocycles. The zero-order chi connectivity index (χ0) is 16.5. The highest BCUT2D eigenvalue weighted by molar-refractivity contribution is 5.81. The van der Waals surface area contributed by atoms with E-state index in [4.69, 9.17) is 14.6 Å². The second-order valence-electron chi connectivity index (χ2n) is 5.73. The quantitative estimate of drug-likeness (QED) is 0.546. The third-order valence-corrected chi connectivity index (χ3v) is 3.92. The molecular formula is C16H24O6. The van der Waals surface area contributed by atoms with Gasteiger partial charge >= 0.3 is 17.9 Å². The smallest absolute Gasteiger partial charge is 0.330 e. The summed E-state index contributed by atoms with van der Waals surface area (Å²) in [5, 5.41) is 9.16. The first-order chi connectivity index (χ1) is 10.5. The summed E-state index contributed by atoms with van der Waals surface area (Å²) in [7, 11) is 0. The topological polar surface area (TPSA) is 89.9 Å². The molecule has 0 spiro atoms. The lowest BCUT2D eigenvalue weighted by Gasteiger charge is -2.27. The van der Waals surface area contributed by atoms with Gasteiger partial charge in [0.1, 0.15) is 0 Å². The van der Waals surface area contributed by atoms with Crippen molar-refractivity contribution in [2.45, 2.75) is 39.0 Å². The monoisotopic (exact) mass is 312 g/mol. The summed E-state index contributed by atoms with van der Waals surface area (Å²) in [6.45, 7) is 5.62. The summed E-state index contributed by atoms with van der Waals surface area (Å²) >= 11 is 0. The Morgan fingerprint density at radius 3 is 2.45 bits per heavy atom. The van der Waals surface area contributed by atoms with Crippen LogP contribution in [0.5, 0.6) is 0 Å². The van der Waals surface area contributed by atoms with Crippen LogP contribution in [-0.4, -0.2) is 36.2 Å². The number of ether oxygens (including phenoxy) is 2. The number of carboxylic acid groups (broad SMARTS) is 1. The number of hydrogen-bond donors (Lipinski definition) is 1. The zero-order valence-corrected chi connectivity index (χ0v) is 13.0. The Morgan fingerprint density at radius 2 is 1.86 bits per heavy atom. The number of esters is 2. The van der Waals surface area contributed by atoms with E-state index in [2.05, 4.69) is 6.58 Å². The van der Waals surface area contributed by atoms with Gasteiger partial charge in [0.2, 0.25) is 0 Å². The van der Waals surface area contributed by atoms with Gasteiger partial charge in [0, 0.05) is 6.08 Å². The third-order valence-electron chi connectivity index (χ3n) is 3.92. The third kappa shape index (κ3) is 5.87. The summed E-state index contributed by atoms with van der Waals surface area (Å²) in [4.78, 5) is 34.1. The van der Waals surface area contributed by atoms with Crippen molar-refractivity contribution in [3.63, 3.8) is 0 Å². The Kier molecular flexibility index (Phi) is 7.63. The number of carbonyl (C=O) groups excluding carboxylic acids is 2. The Morgan fingerprint density at radius 1 is 1.23 bits per heavy atom. The Balaban J connectivity index is 2.33. The normalized spacial score (nSPS) is 22.4. The standard InChI is InChI=1S/C16H24O6/c1-3-14(17)21-9-8-11(2)10-22-16(20)13-7-5-4-6-12(13)15(18)19/h3,11-13H,1,4-10H2,2H3,(H,18,19). The molecule has 6 nitrogen and oxygen atoms in total. The van der Waals surface area contributed by atoms with Gasteiger partial charge in [-0.1, -0.05) is 26.3 Å². The minimum absolute atomic E-state index is 0.0356. The molecule has 0 bridgehead atoms. The van der Waals surface area contributed by atoms with Gasteiger partial charge in [-0.3, -0.25) is 9.59 Å². The van der Waals surface area contributed by atoms with E-state index >= 15 is 0 Å². The van der Waals surface area contributed by atoms with Crippen molar-refractivity contribution in [3.05, 3.63) is 12.7 Å². The molecule has 3 atom stereocenters. The minimum Gasteiger partial charge on any atom is -0.481 e. The van der Waals surface area contributed by atoms with Gasteiger partial charge in [-0.2, -0.15) is 0 Å². The van der Waals surface area contributed by atoms with E-state index in [0.717, 1.165) is 18.9 Å². The summed E-state index contributed by atoms with van der Waals surface area (Å²) in [6.07, 6.45) is 4.46. The molecule has 6 heteroatoms. The maximum Gasteiger partial charge on any atom is 0.330 e. The lowest BCUT2D eigenvalue weighted by molar-refractivity contribution is -0.160. The van der Waals surface area contributed by atoms with Crippen molar-refractivity contribution >= 4 is 17.9 Å². The number of aliphatic carboxylic acids is 1. The minimum atomic E-state index is -0.925. The Bertz CT molecular complexity index is 417. The van der Waals surface area contributed by atoms with Gasteiger partial charge in [0.15, 0.2) is 0 Å². The van der Waals surface area contributed by atoms with E-state index in [-0.39, 0.29) is 19.1 Å². The van der Waals surface area contributed by atoms with Crippen molar-refractivity contribution in [2.75, 3.05) is 13.2 Å². The van der Waals surface area contributed by atoms with Crippen LogP contribution in [0.3, 0.4) is 0 Å². The van der Waals surface area contributed by atoms with Crippen LogP contribution in [0.15, 0.2) is 12.7 Å². The molecule has 1 N–H and O–H groups in total. The number of hydrogen-bond acceptors (Lipinski definition) is 5. The van der Waals surface area contributed by atoms with Crippen LogP contribution in [0.4, 0.5) is 0 Å². The van der Waals surface area contributed by atoms with Gasteiger partial charge in [0.25, 0.3) is 0 Å². The van der Waals surface area contributed by atoms with Crippen LogP contribution in [0.2, 0.25) is 0 Å². The van der Waals surface area contributed by atoms with Crippen LogP contribution < -0.4 is 0 Å². The fourth-order valence-corrected chi connectivity index (χ4v) is 2.54. The van der Waals surface area contributed by atoms with Crippen molar-refractivity contribution in [1.82, 2.24) is 0 Å². The molecule has 1 aliphatic rings. The highest BCUT2D eigenvalue weighted by Gasteiger charge is 2.36. The summed E-state index contributed by atoms with van der Waals surface area (Å²) < 4.78 is 10.1. The molecular weight excluding hydrogens is 288 g/mol. The molecule has 0 heterocycles. The molecule has 0 aromatic heterocycles. The lowest BCUT2D eigenvalue weighted by atomic mass is 9.79. The maximum absolute atomic E-state index is 12.1. The number of carboxylic acids is 1. The zero-order valence-electron chi connectivity index (χ0n) is 13.0. The first-order valence-corrected chi connectivity index (χ1v) is 7.64. The fourth-order valence-electron chi connectivity index (χ4n) is 2.54. The molecule has 0 aromatic carbocycles. The molecule has 1 rings (SSSR count). The predicted octanol–water partition coefficient (Wildman–Crippen LogP) is 2.18. The summed E-state index contributed by atoms with van der Waals surface area (Å²) in [6, 6.07) is 0. The van der Waals surface area contributed by atoms with Crippen LogP contribution in [0.1, 0.15) is 39.0 Å². The van der Waals surface area contributed by atoms with Gasteiger partial charge in [0.05, 0.1) is 25.0 Å². The second-order valence-corrected chi connectivity index (χ2v) is 5.73. The van der Waals surface area contributed by atoms with Crippen molar-refractivity contribution in [3.8, 4) is 0 Å². The SMILES string of the molecule is C=CC(=O)OCCC(C)COC(=O)C1CCCCC1C(=O)O. The number of rotatable bonds is 8. The predicted molar refractivity (Wildman–Crippen MR) is 79.0 cm³/mol. The largest absolute Gasteiger partial charge is 0.481 e. The number of carbonyl (C=O) groups is 3. The Labute approximate surface area is 130 Å². The molecule has 1 fully saturated rings. The van der Waals surface area contributed by atoms with E-state index in [0.29, 0.717) is 19.3 Å². The first kappa shape index (κ1) is 18.2. The summed E-state index contributed by atoms with van der Waals surface area (Å²) in [5.74, 6) is -2.97. The van der Waals surface area contributed by atoms with Crippen LogP contribution in [-0.2, 0) is 23.9 Å². The van der Waals surface area contributed by atoms with Crippen LogP contribution >= 0.6 is 0 Å². The van der Waals surface area contributed by atoms with Crippen molar-refractivity contribution in [1.29, 1.82) is 0 Å². The van der Waals surface area contributed by atoms with Crippen molar-refractivity contribution in [2.24, 2.45) is 17.8 Å². The highest BCUT2D eigenvalue weighted by atomic mass is 16.5. The van der Waals surface area contributed by atoms with Gasteiger partial charge in [-0.15, -0.1) is 0 Å². The lowest BCUT2D eigenvalue weighted by Crippen LogP contribution is -2.34.